The zero-order valence-electron chi connectivity index (χ0n) is 11.5. The lowest BCUT2D eigenvalue weighted by atomic mass is 9.93. The van der Waals surface area contributed by atoms with Gasteiger partial charge in [-0.25, -0.2) is 0 Å². The minimum atomic E-state index is -1.11. The molecule has 0 aliphatic carbocycles. The van der Waals surface area contributed by atoms with Crippen molar-refractivity contribution in [3.05, 3.63) is 40.3 Å². The van der Waals surface area contributed by atoms with E-state index in [2.05, 4.69) is 15.3 Å². The van der Waals surface area contributed by atoms with Gasteiger partial charge in [0.25, 0.3) is 0 Å². The summed E-state index contributed by atoms with van der Waals surface area (Å²) in [5, 5.41) is 15.6. The van der Waals surface area contributed by atoms with Crippen LogP contribution in [0, 0.1) is 0 Å². The molecule has 0 amide bonds. The Bertz CT molecular complexity index is 497. The second-order valence-corrected chi connectivity index (χ2v) is 4.54. The Morgan fingerprint density at radius 3 is 2.65 bits per heavy atom. The van der Waals surface area contributed by atoms with Gasteiger partial charge in [-0.3, -0.25) is 4.79 Å². The highest BCUT2D eigenvalue weighted by Gasteiger charge is 2.32. The summed E-state index contributed by atoms with van der Waals surface area (Å²) in [4.78, 5) is 14.0. The number of carbonyl (C=O) groups is 1. The molecule has 0 aliphatic rings. The van der Waals surface area contributed by atoms with Gasteiger partial charge in [0.15, 0.2) is 0 Å². The van der Waals surface area contributed by atoms with Crippen LogP contribution in [-0.4, -0.2) is 36.8 Å². The summed E-state index contributed by atoms with van der Waals surface area (Å²) < 4.78 is 5.06. The summed E-state index contributed by atoms with van der Waals surface area (Å²) >= 11 is 0. The second-order valence-electron chi connectivity index (χ2n) is 4.54. The molecule has 1 unspecified atom stereocenters. The molecular weight excluding hydrogens is 260 g/mol. The van der Waals surface area contributed by atoms with Crippen molar-refractivity contribution in [2.75, 3.05) is 20.2 Å². The molecule has 0 aromatic heterocycles. The van der Waals surface area contributed by atoms with Crippen molar-refractivity contribution in [3.8, 4) is 5.75 Å². The predicted octanol–water partition coefficient (Wildman–Crippen LogP) is 1.98. The first kappa shape index (κ1) is 15.8. The van der Waals surface area contributed by atoms with Gasteiger partial charge in [0, 0.05) is 24.4 Å². The van der Waals surface area contributed by atoms with Gasteiger partial charge in [0.05, 0.1) is 7.11 Å². The topological polar surface area (TPSA) is 107 Å². The van der Waals surface area contributed by atoms with Crippen molar-refractivity contribution >= 4 is 5.97 Å². The Labute approximate surface area is 117 Å². The van der Waals surface area contributed by atoms with Crippen molar-refractivity contribution in [1.29, 1.82) is 0 Å². The highest BCUT2D eigenvalue weighted by Crippen LogP contribution is 2.17. The first-order chi connectivity index (χ1) is 9.51. The number of rotatable bonds is 8. The molecule has 108 valence electrons. The maximum Gasteiger partial charge on any atom is 0.323 e. The Morgan fingerprint density at radius 1 is 1.50 bits per heavy atom. The van der Waals surface area contributed by atoms with Gasteiger partial charge in [-0.05, 0) is 30.2 Å². The molecule has 0 radical (unpaired) electrons. The van der Waals surface area contributed by atoms with Crippen LogP contribution in [0.15, 0.2) is 29.4 Å². The van der Waals surface area contributed by atoms with E-state index in [1.54, 1.807) is 26.2 Å². The molecular formula is C13H18N4O3. The van der Waals surface area contributed by atoms with Crippen LogP contribution in [0.3, 0.4) is 0 Å². The molecule has 7 nitrogen and oxygen atoms in total. The summed E-state index contributed by atoms with van der Waals surface area (Å²) in [7, 11) is 1.58. The van der Waals surface area contributed by atoms with Crippen LogP contribution in [0.4, 0.5) is 0 Å². The fourth-order valence-corrected chi connectivity index (χ4v) is 1.79. The van der Waals surface area contributed by atoms with Crippen LogP contribution in [0.1, 0.15) is 12.5 Å². The number of carboxylic acid groups (broad SMARTS) is 1. The van der Waals surface area contributed by atoms with E-state index >= 15 is 0 Å². The van der Waals surface area contributed by atoms with E-state index in [0.717, 1.165) is 11.3 Å². The summed E-state index contributed by atoms with van der Waals surface area (Å²) in [6.07, 6.45) is 0.322. The normalized spacial score (nSPS) is 13.1. The van der Waals surface area contributed by atoms with Crippen LogP contribution < -0.4 is 10.1 Å². The average Bonchev–Trinajstić information content (AvgIpc) is 2.44. The number of azide groups is 1. The van der Waals surface area contributed by atoms with Gasteiger partial charge in [-0.15, -0.1) is 0 Å². The smallest absolute Gasteiger partial charge is 0.323 e. The standard InChI is InChI=1S/C13H18N4O3/c1-13(12(18)19,15-7-8-16-17-14)9-10-3-5-11(20-2)6-4-10/h3-6,15H,7-9H2,1-2H3,(H,18,19). The van der Waals surface area contributed by atoms with Crippen molar-refractivity contribution < 1.29 is 14.6 Å². The number of nitrogens with zero attached hydrogens (tertiary/aromatic N) is 3. The van der Waals surface area contributed by atoms with Crippen LogP contribution in [0.2, 0.25) is 0 Å². The Balaban J connectivity index is 2.73. The van der Waals surface area contributed by atoms with E-state index in [-0.39, 0.29) is 6.54 Å². The average molecular weight is 278 g/mol. The quantitative estimate of drug-likeness (QED) is 0.328. The third-order valence-electron chi connectivity index (χ3n) is 2.98. The summed E-state index contributed by atoms with van der Waals surface area (Å²) in [6.45, 7) is 2.13. The number of ether oxygens (including phenoxy) is 1. The fourth-order valence-electron chi connectivity index (χ4n) is 1.79. The number of aliphatic carboxylic acids is 1. The summed E-state index contributed by atoms with van der Waals surface area (Å²) in [6, 6.07) is 7.24. The zero-order valence-corrected chi connectivity index (χ0v) is 11.5. The molecule has 1 atom stereocenters. The molecule has 0 aliphatic heterocycles. The summed E-state index contributed by atoms with van der Waals surface area (Å²) in [5.74, 6) is -0.226. The van der Waals surface area contributed by atoms with E-state index in [4.69, 9.17) is 10.3 Å². The van der Waals surface area contributed by atoms with Crippen LogP contribution in [-0.2, 0) is 11.2 Å². The lowest BCUT2D eigenvalue weighted by molar-refractivity contribution is -0.144. The third-order valence-corrected chi connectivity index (χ3v) is 2.98. The summed E-state index contributed by atoms with van der Waals surface area (Å²) in [5.41, 5.74) is 7.96. The fraction of sp³-hybridized carbons (Fsp3) is 0.462. The van der Waals surface area contributed by atoms with Crippen molar-refractivity contribution in [2.24, 2.45) is 5.11 Å². The lowest BCUT2D eigenvalue weighted by Gasteiger charge is -2.26. The van der Waals surface area contributed by atoms with Gasteiger partial charge < -0.3 is 15.2 Å². The Hall–Kier alpha value is -2.24. The van der Waals surface area contributed by atoms with Gasteiger partial charge >= 0.3 is 5.97 Å². The molecule has 0 heterocycles. The van der Waals surface area contributed by atoms with Crippen molar-refractivity contribution in [2.45, 2.75) is 18.9 Å². The minimum Gasteiger partial charge on any atom is -0.497 e. The predicted molar refractivity (Wildman–Crippen MR) is 74.8 cm³/mol. The highest BCUT2D eigenvalue weighted by atomic mass is 16.5. The Kier molecular flexibility index (Phi) is 5.83. The van der Waals surface area contributed by atoms with Gasteiger partial charge in [0.1, 0.15) is 11.3 Å². The molecule has 0 saturated carbocycles. The van der Waals surface area contributed by atoms with E-state index in [1.165, 1.54) is 0 Å². The van der Waals surface area contributed by atoms with Crippen molar-refractivity contribution in [3.63, 3.8) is 0 Å². The first-order valence-electron chi connectivity index (χ1n) is 6.14. The zero-order chi connectivity index (χ0) is 15.0. The molecule has 0 spiro atoms. The molecule has 20 heavy (non-hydrogen) atoms. The number of hydrogen-bond donors (Lipinski definition) is 2. The minimum absolute atomic E-state index is 0.210. The lowest BCUT2D eigenvalue weighted by Crippen LogP contribution is -2.52. The number of hydrogen-bond acceptors (Lipinski definition) is 4. The molecule has 0 saturated heterocycles. The van der Waals surface area contributed by atoms with Crippen LogP contribution >= 0.6 is 0 Å². The highest BCUT2D eigenvalue weighted by molar-refractivity contribution is 5.78. The van der Waals surface area contributed by atoms with Gasteiger partial charge in [0.2, 0.25) is 0 Å². The molecule has 0 fully saturated rings. The first-order valence-corrected chi connectivity index (χ1v) is 6.14. The maximum absolute atomic E-state index is 11.4. The third kappa shape index (κ3) is 4.46. The monoisotopic (exact) mass is 278 g/mol. The number of nitrogens with one attached hydrogen (secondary N) is 1. The van der Waals surface area contributed by atoms with Gasteiger partial charge in [-0.2, -0.15) is 0 Å². The van der Waals surface area contributed by atoms with E-state index in [9.17, 15) is 9.90 Å². The SMILES string of the molecule is COc1ccc(CC(C)(NCCN=[N+]=[N-])C(=O)O)cc1. The largest absolute Gasteiger partial charge is 0.497 e. The molecule has 1 rings (SSSR count). The van der Waals surface area contributed by atoms with E-state index < -0.39 is 11.5 Å². The molecule has 1 aromatic rings. The van der Waals surface area contributed by atoms with Gasteiger partial charge in [-0.1, -0.05) is 17.2 Å². The Morgan fingerprint density at radius 2 is 2.15 bits per heavy atom. The molecule has 2 N–H and O–H groups in total. The maximum atomic E-state index is 11.4. The molecule has 1 aromatic carbocycles. The van der Waals surface area contributed by atoms with Crippen molar-refractivity contribution in [1.82, 2.24) is 5.32 Å². The van der Waals surface area contributed by atoms with Crippen LogP contribution in [0.5, 0.6) is 5.75 Å². The number of methoxy groups -OCH3 is 1. The van der Waals surface area contributed by atoms with E-state index in [1.807, 2.05) is 12.1 Å². The number of carboxylic acids is 1. The second kappa shape index (κ2) is 7.37. The molecule has 0 bridgehead atoms. The van der Waals surface area contributed by atoms with E-state index in [0.29, 0.717) is 13.0 Å². The van der Waals surface area contributed by atoms with Crippen LogP contribution in [0.25, 0.3) is 10.4 Å². The molecule has 7 heteroatoms. The number of benzene rings is 1.